The number of carbonyl (C=O) groups is 3. The molecule has 1 aliphatic heterocycles. The van der Waals surface area contributed by atoms with Crippen LogP contribution in [0.1, 0.15) is 28.9 Å². The van der Waals surface area contributed by atoms with Crippen LogP contribution in [0.15, 0.2) is 53.9 Å². The van der Waals surface area contributed by atoms with Crippen LogP contribution < -0.4 is 15.0 Å². The number of ether oxygens (including phenoxy) is 1. The zero-order valence-corrected chi connectivity index (χ0v) is 23.2. The SMILES string of the molecule is COc1ccccc1N1CCN(C(=O)Cc2csc(NC(=O)CN(C(=O)c3ccc(Cl)cc3)C3CC3)n2)CC1. The highest BCUT2D eigenvalue weighted by atomic mass is 35.5. The summed E-state index contributed by atoms with van der Waals surface area (Å²) in [4.78, 5) is 48.8. The number of hydrogen-bond donors (Lipinski definition) is 1. The summed E-state index contributed by atoms with van der Waals surface area (Å²) in [6, 6.07) is 14.6. The largest absolute Gasteiger partial charge is 0.495 e. The van der Waals surface area contributed by atoms with E-state index in [2.05, 4.69) is 15.2 Å². The number of nitrogens with zero attached hydrogens (tertiary/aromatic N) is 4. The molecule has 204 valence electrons. The van der Waals surface area contributed by atoms with E-state index in [4.69, 9.17) is 16.3 Å². The van der Waals surface area contributed by atoms with Gasteiger partial charge in [0.15, 0.2) is 5.13 Å². The van der Waals surface area contributed by atoms with Gasteiger partial charge in [-0.1, -0.05) is 23.7 Å². The molecule has 1 aliphatic carbocycles. The molecule has 11 heteroatoms. The number of aromatic nitrogens is 1. The molecular formula is C28H30ClN5O4S. The van der Waals surface area contributed by atoms with E-state index in [0.717, 1.165) is 37.4 Å². The lowest BCUT2D eigenvalue weighted by Crippen LogP contribution is -2.49. The van der Waals surface area contributed by atoms with Gasteiger partial charge in [-0.3, -0.25) is 14.4 Å². The van der Waals surface area contributed by atoms with Gasteiger partial charge in [-0.2, -0.15) is 0 Å². The molecule has 1 saturated heterocycles. The van der Waals surface area contributed by atoms with Gasteiger partial charge >= 0.3 is 0 Å². The van der Waals surface area contributed by atoms with Crippen molar-refractivity contribution in [2.75, 3.05) is 50.1 Å². The Bertz CT molecular complexity index is 1340. The minimum Gasteiger partial charge on any atom is -0.495 e. The Kier molecular flexibility index (Phi) is 8.33. The molecule has 1 aromatic heterocycles. The Balaban J connectivity index is 1.12. The van der Waals surface area contributed by atoms with Crippen molar-refractivity contribution in [1.82, 2.24) is 14.8 Å². The minimum absolute atomic E-state index is 0.00585. The van der Waals surface area contributed by atoms with Crippen LogP contribution >= 0.6 is 22.9 Å². The summed E-state index contributed by atoms with van der Waals surface area (Å²) < 4.78 is 5.47. The van der Waals surface area contributed by atoms with E-state index in [-0.39, 0.29) is 36.7 Å². The van der Waals surface area contributed by atoms with Gasteiger partial charge in [-0.25, -0.2) is 4.98 Å². The van der Waals surface area contributed by atoms with Crippen LogP contribution in [0.2, 0.25) is 5.02 Å². The molecule has 1 N–H and O–H groups in total. The number of hydrogen-bond acceptors (Lipinski definition) is 7. The number of piperazine rings is 1. The first-order valence-electron chi connectivity index (χ1n) is 12.9. The number of anilines is 2. The van der Waals surface area contributed by atoms with Crippen molar-refractivity contribution in [2.24, 2.45) is 0 Å². The van der Waals surface area contributed by atoms with E-state index < -0.39 is 0 Å². The summed E-state index contributed by atoms with van der Waals surface area (Å²) in [6.45, 7) is 2.61. The summed E-state index contributed by atoms with van der Waals surface area (Å²) in [6.07, 6.45) is 1.93. The van der Waals surface area contributed by atoms with E-state index in [1.54, 1.807) is 41.7 Å². The molecule has 2 fully saturated rings. The van der Waals surface area contributed by atoms with Gasteiger partial charge in [0, 0.05) is 48.2 Å². The number of carbonyl (C=O) groups excluding carboxylic acids is 3. The average molecular weight is 568 g/mol. The van der Waals surface area contributed by atoms with Crippen molar-refractivity contribution < 1.29 is 19.1 Å². The third-order valence-corrected chi connectivity index (χ3v) is 7.90. The number of nitrogens with one attached hydrogen (secondary N) is 1. The van der Waals surface area contributed by atoms with Crippen molar-refractivity contribution in [1.29, 1.82) is 0 Å². The van der Waals surface area contributed by atoms with Crippen LogP contribution in [0.25, 0.3) is 0 Å². The number of benzene rings is 2. The molecule has 2 aromatic carbocycles. The highest BCUT2D eigenvalue weighted by molar-refractivity contribution is 7.13. The molecule has 2 heterocycles. The maximum atomic E-state index is 13.0. The second-order valence-electron chi connectivity index (χ2n) is 9.58. The van der Waals surface area contributed by atoms with Crippen LogP contribution in [0.4, 0.5) is 10.8 Å². The standard InChI is InChI=1S/C28H30ClN5O4S/c1-38-24-5-3-2-4-23(24)32-12-14-33(15-13-32)26(36)16-21-18-39-28(30-21)31-25(35)17-34(22-10-11-22)27(37)19-6-8-20(29)9-7-19/h2-9,18,22H,10-17H2,1H3,(H,30,31,35). The summed E-state index contributed by atoms with van der Waals surface area (Å²) in [5.41, 5.74) is 2.14. The molecule has 0 radical (unpaired) electrons. The van der Waals surface area contributed by atoms with Crippen molar-refractivity contribution >= 4 is 51.5 Å². The Hall–Kier alpha value is -3.63. The molecule has 0 atom stereocenters. The molecule has 3 aromatic rings. The number of thiazole rings is 1. The molecule has 0 bridgehead atoms. The van der Waals surface area contributed by atoms with Crippen molar-refractivity contribution in [2.45, 2.75) is 25.3 Å². The molecule has 0 unspecified atom stereocenters. The molecule has 1 saturated carbocycles. The zero-order chi connectivity index (χ0) is 27.4. The monoisotopic (exact) mass is 567 g/mol. The van der Waals surface area contributed by atoms with E-state index in [0.29, 0.717) is 34.5 Å². The van der Waals surface area contributed by atoms with E-state index in [9.17, 15) is 14.4 Å². The highest BCUT2D eigenvalue weighted by Crippen LogP contribution is 2.30. The Morgan fingerprint density at radius 3 is 2.49 bits per heavy atom. The van der Waals surface area contributed by atoms with E-state index in [1.165, 1.54) is 11.3 Å². The Morgan fingerprint density at radius 2 is 1.79 bits per heavy atom. The smallest absolute Gasteiger partial charge is 0.254 e. The van der Waals surface area contributed by atoms with Gasteiger partial charge in [-0.15, -0.1) is 11.3 Å². The molecule has 5 rings (SSSR count). The van der Waals surface area contributed by atoms with Crippen molar-refractivity contribution in [3.8, 4) is 5.75 Å². The first-order valence-corrected chi connectivity index (χ1v) is 14.1. The van der Waals surface area contributed by atoms with Gasteiger partial charge in [-0.05, 0) is 49.2 Å². The van der Waals surface area contributed by atoms with Crippen LogP contribution in [-0.2, 0) is 16.0 Å². The van der Waals surface area contributed by atoms with Gasteiger partial charge in [0.2, 0.25) is 11.8 Å². The van der Waals surface area contributed by atoms with Crippen LogP contribution in [-0.4, -0.2) is 78.4 Å². The predicted molar refractivity (Wildman–Crippen MR) is 152 cm³/mol. The van der Waals surface area contributed by atoms with Gasteiger partial charge in [0.25, 0.3) is 5.91 Å². The quantitative estimate of drug-likeness (QED) is 0.421. The molecule has 0 spiro atoms. The molecule has 39 heavy (non-hydrogen) atoms. The third-order valence-electron chi connectivity index (χ3n) is 6.84. The maximum absolute atomic E-state index is 13.0. The number of para-hydroxylation sites is 2. The fraction of sp³-hybridized carbons (Fsp3) is 0.357. The third kappa shape index (κ3) is 6.69. The van der Waals surface area contributed by atoms with Crippen LogP contribution in [0, 0.1) is 0 Å². The second kappa shape index (κ2) is 12.0. The summed E-state index contributed by atoms with van der Waals surface area (Å²) in [7, 11) is 1.66. The first kappa shape index (κ1) is 27.0. The molecule has 3 amide bonds. The number of amides is 3. The molecule has 9 nitrogen and oxygen atoms in total. The minimum atomic E-state index is -0.316. The average Bonchev–Trinajstić information content (AvgIpc) is 3.71. The second-order valence-corrected chi connectivity index (χ2v) is 10.9. The molecular weight excluding hydrogens is 538 g/mol. The van der Waals surface area contributed by atoms with Crippen molar-refractivity contribution in [3.05, 3.63) is 70.2 Å². The molecule has 2 aliphatic rings. The zero-order valence-electron chi connectivity index (χ0n) is 21.6. The fourth-order valence-corrected chi connectivity index (χ4v) is 5.48. The lowest BCUT2D eigenvalue weighted by molar-refractivity contribution is -0.130. The van der Waals surface area contributed by atoms with Gasteiger partial charge < -0.3 is 24.8 Å². The predicted octanol–water partition coefficient (Wildman–Crippen LogP) is 3.94. The summed E-state index contributed by atoms with van der Waals surface area (Å²) >= 11 is 7.21. The van der Waals surface area contributed by atoms with Crippen molar-refractivity contribution in [3.63, 3.8) is 0 Å². The fourth-order valence-electron chi connectivity index (χ4n) is 4.62. The maximum Gasteiger partial charge on any atom is 0.254 e. The lowest BCUT2D eigenvalue weighted by Gasteiger charge is -2.36. The van der Waals surface area contributed by atoms with Gasteiger partial charge in [0.1, 0.15) is 12.3 Å². The number of rotatable bonds is 9. The Morgan fingerprint density at radius 1 is 1.08 bits per heavy atom. The van der Waals surface area contributed by atoms with Gasteiger partial charge in [0.05, 0.1) is 24.9 Å². The summed E-state index contributed by atoms with van der Waals surface area (Å²) in [5, 5.41) is 5.54. The van der Waals surface area contributed by atoms with Crippen LogP contribution in [0.3, 0.4) is 0 Å². The number of methoxy groups -OCH3 is 1. The normalized spacial score (nSPS) is 15.1. The lowest BCUT2D eigenvalue weighted by atomic mass is 10.2. The number of halogens is 1. The van der Waals surface area contributed by atoms with E-state index in [1.807, 2.05) is 29.2 Å². The highest BCUT2D eigenvalue weighted by Gasteiger charge is 2.34. The topological polar surface area (TPSA) is 95.1 Å². The van der Waals surface area contributed by atoms with Crippen LogP contribution in [0.5, 0.6) is 5.75 Å². The Labute approximate surface area is 236 Å². The summed E-state index contributed by atoms with van der Waals surface area (Å²) in [5.74, 6) is 0.319. The van der Waals surface area contributed by atoms with E-state index >= 15 is 0 Å². The first-order chi connectivity index (χ1) is 18.9.